The molecule has 0 bridgehead atoms. The summed E-state index contributed by atoms with van der Waals surface area (Å²) in [6.07, 6.45) is 0.911. The second-order valence-electron chi connectivity index (χ2n) is 4.83. The summed E-state index contributed by atoms with van der Waals surface area (Å²) in [6.45, 7) is 2.53. The molecule has 0 spiro atoms. The van der Waals surface area contributed by atoms with Crippen molar-refractivity contribution in [3.05, 3.63) is 64.4 Å². The maximum absolute atomic E-state index is 13.9. The maximum atomic E-state index is 13.9. The van der Waals surface area contributed by atoms with Gasteiger partial charge in [-0.2, -0.15) is 0 Å². The molecule has 1 N–H and O–H groups in total. The molecule has 0 radical (unpaired) electrons. The van der Waals surface area contributed by atoms with Crippen molar-refractivity contribution < 1.29 is 9.13 Å². The first kappa shape index (κ1) is 15.8. The van der Waals surface area contributed by atoms with Gasteiger partial charge < -0.3 is 10.1 Å². The summed E-state index contributed by atoms with van der Waals surface area (Å²) in [5.41, 5.74) is 1.73. The Morgan fingerprint density at radius 1 is 1.19 bits per heavy atom. The van der Waals surface area contributed by atoms with Crippen molar-refractivity contribution in [1.29, 1.82) is 0 Å². The summed E-state index contributed by atoms with van der Waals surface area (Å²) >= 11 is 5.80. The average molecular weight is 308 g/mol. The van der Waals surface area contributed by atoms with Crippen molar-refractivity contribution in [2.24, 2.45) is 0 Å². The van der Waals surface area contributed by atoms with E-state index in [4.69, 9.17) is 16.3 Å². The van der Waals surface area contributed by atoms with E-state index in [9.17, 15) is 4.39 Å². The predicted molar refractivity (Wildman–Crippen MR) is 84.3 cm³/mol. The SMILES string of the molecule is CCC(NCc1cccc(Cl)c1F)c1ccc(OC)cc1. The fraction of sp³-hybridized carbons (Fsp3) is 0.294. The van der Waals surface area contributed by atoms with Gasteiger partial charge in [0.25, 0.3) is 0 Å². The molecule has 112 valence electrons. The van der Waals surface area contributed by atoms with Gasteiger partial charge >= 0.3 is 0 Å². The number of hydrogen-bond acceptors (Lipinski definition) is 2. The first-order valence-electron chi connectivity index (χ1n) is 6.96. The molecule has 2 aromatic rings. The number of hydrogen-bond donors (Lipinski definition) is 1. The van der Waals surface area contributed by atoms with Gasteiger partial charge in [-0.25, -0.2) is 4.39 Å². The van der Waals surface area contributed by atoms with E-state index < -0.39 is 0 Å². The van der Waals surface area contributed by atoms with Crippen LogP contribution in [0.2, 0.25) is 5.02 Å². The Hall–Kier alpha value is -1.58. The van der Waals surface area contributed by atoms with E-state index in [0.29, 0.717) is 12.1 Å². The molecule has 2 aromatic carbocycles. The zero-order valence-electron chi connectivity index (χ0n) is 12.2. The highest BCUT2D eigenvalue weighted by molar-refractivity contribution is 6.30. The second kappa shape index (κ2) is 7.43. The Balaban J connectivity index is 2.06. The Morgan fingerprint density at radius 2 is 1.90 bits per heavy atom. The number of ether oxygens (including phenoxy) is 1. The van der Waals surface area contributed by atoms with E-state index in [1.165, 1.54) is 0 Å². The van der Waals surface area contributed by atoms with Gasteiger partial charge in [-0.1, -0.05) is 42.8 Å². The van der Waals surface area contributed by atoms with Gasteiger partial charge in [0.15, 0.2) is 0 Å². The van der Waals surface area contributed by atoms with Gasteiger partial charge in [0.1, 0.15) is 11.6 Å². The summed E-state index contributed by atoms with van der Waals surface area (Å²) in [4.78, 5) is 0. The van der Waals surface area contributed by atoms with Gasteiger partial charge in [-0.05, 0) is 30.2 Å². The molecule has 1 unspecified atom stereocenters. The Labute approximate surface area is 129 Å². The lowest BCUT2D eigenvalue weighted by atomic mass is 10.0. The van der Waals surface area contributed by atoms with Gasteiger partial charge in [0.2, 0.25) is 0 Å². The van der Waals surface area contributed by atoms with Crippen molar-refractivity contribution in [2.75, 3.05) is 7.11 Å². The Morgan fingerprint density at radius 3 is 2.52 bits per heavy atom. The molecular weight excluding hydrogens is 289 g/mol. The fourth-order valence-corrected chi connectivity index (χ4v) is 2.45. The number of methoxy groups -OCH3 is 1. The minimum absolute atomic E-state index is 0.159. The van der Waals surface area contributed by atoms with Crippen molar-refractivity contribution >= 4 is 11.6 Å². The molecule has 4 heteroatoms. The number of benzene rings is 2. The third kappa shape index (κ3) is 3.96. The molecule has 0 aliphatic carbocycles. The summed E-state index contributed by atoms with van der Waals surface area (Å²) in [7, 11) is 1.65. The summed E-state index contributed by atoms with van der Waals surface area (Å²) in [5, 5.41) is 3.53. The largest absolute Gasteiger partial charge is 0.497 e. The van der Waals surface area contributed by atoms with Crippen LogP contribution in [0.4, 0.5) is 4.39 Å². The summed E-state index contributed by atoms with van der Waals surface area (Å²) in [5.74, 6) is 0.478. The minimum Gasteiger partial charge on any atom is -0.497 e. The van der Waals surface area contributed by atoms with Crippen LogP contribution in [0.1, 0.15) is 30.5 Å². The summed E-state index contributed by atoms with van der Waals surface area (Å²) < 4.78 is 19.0. The van der Waals surface area contributed by atoms with Crippen molar-refractivity contribution in [3.8, 4) is 5.75 Å². The number of halogens is 2. The van der Waals surface area contributed by atoms with E-state index in [-0.39, 0.29) is 16.9 Å². The maximum Gasteiger partial charge on any atom is 0.146 e. The highest BCUT2D eigenvalue weighted by atomic mass is 35.5. The molecule has 2 rings (SSSR count). The van der Waals surface area contributed by atoms with Gasteiger partial charge in [-0.15, -0.1) is 0 Å². The number of rotatable bonds is 6. The van der Waals surface area contributed by atoms with E-state index in [1.54, 1.807) is 25.3 Å². The molecule has 0 saturated carbocycles. The zero-order chi connectivity index (χ0) is 15.2. The fourth-order valence-electron chi connectivity index (χ4n) is 2.25. The predicted octanol–water partition coefficient (Wildman–Crippen LogP) is 4.73. The molecule has 0 aliphatic heterocycles. The smallest absolute Gasteiger partial charge is 0.146 e. The van der Waals surface area contributed by atoms with Gasteiger partial charge in [0.05, 0.1) is 12.1 Å². The Kier molecular flexibility index (Phi) is 5.59. The molecular formula is C17H19ClFNO. The van der Waals surface area contributed by atoms with Crippen LogP contribution < -0.4 is 10.1 Å². The zero-order valence-corrected chi connectivity index (χ0v) is 13.0. The molecule has 2 nitrogen and oxygen atoms in total. The monoisotopic (exact) mass is 307 g/mol. The molecule has 0 saturated heterocycles. The third-order valence-corrected chi connectivity index (χ3v) is 3.79. The van der Waals surface area contributed by atoms with Crippen LogP contribution >= 0.6 is 11.6 Å². The first-order valence-corrected chi connectivity index (χ1v) is 7.33. The third-order valence-electron chi connectivity index (χ3n) is 3.50. The van der Waals surface area contributed by atoms with Crippen molar-refractivity contribution in [1.82, 2.24) is 5.32 Å². The molecule has 0 aliphatic rings. The van der Waals surface area contributed by atoms with Crippen molar-refractivity contribution in [2.45, 2.75) is 25.9 Å². The van der Waals surface area contributed by atoms with E-state index >= 15 is 0 Å². The van der Waals surface area contributed by atoms with Crippen LogP contribution in [0.15, 0.2) is 42.5 Å². The molecule has 21 heavy (non-hydrogen) atoms. The van der Waals surface area contributed by atoms with E-state index in [2.05, 4.69) is 12.2 Å². The highest BCUT2D eigenvalue weighted by Gasteiger charge is 2.11. The standard InChI is InChI=1S/C17H19ClFNO/c1-3-16(12-7-9-14(21-2)10-8-12)20-11-13-5-4-6-15(18)17(13)19/h4-10,16,20H,3,11H2,1-2H3. The van der Waals surface area contributed by atoms with Crippen LogP contribution in [0, 0.1) is 5.82 Å². The minimum atomic E-state index is -0.351. The molecule has 0 aromatic heterocycles. The molecule has 0 fully saturated rings. The molecule has 0 heterocycles. The van der Waals surface area contributed by atoms with Gasteiger partial charge in [-0.3, -0.25) is 0 Å². The first-order chi connectivity index (χ1) is 10.2. The average Bonchev–Trinajstić information content (AvgIpc) is 2.52. The molecule has 1 atom stereocenters. The normalized spacial score (nSPS) is 12.2. The lowest BCUT2D eigenvalue weighted by Crippen LogP contribution is -2.20. The lowest BCUT2D eigenvalue weighted by Gasteiger charge is -2.18. The van der Waals surface area contributed by atoms with Crippen LogP contribution in [-0.4, -0.2) is 7.11 Å². The number of nitrogens with one attached hydrogen (secondary N) is 1. The van der Waals surface area contributed by atoms with Crippen LogP contribution in [0.25, 0.3) is 0 Å². The summed E-state index contributed by atoms with van der Waals surface area (Å²) in [6, 6.07) is 13.1. The van der Waals surface area contributed by atoms with E-state index in [1.807, 2.05) is 24.3 Å². The van der Waals surface area contributed by atoms with Crippen LogP contribution in [-0.2, 0) is 6.54 Å². The Bertz CT molecular complexity index is 586. The molecule has 0 amide bonds. The quantitative estimate of drug-likeness (QED) is 0.833. The van der Waals surface area contributed by atoms with Crippen LogP contribution in [0.5, 0.6) is 5.75 Å². The highest BCUT2D eigenvalue weighted by Crippen LogP contribution is 2.22. The lowest BCUT2D eigenvalue weighted by molar-refractivity contribution is 0.414. The van der Waals surface area contributed by atoms with Crippen LogP contribution in [0.3, 0.4) is 0 Å². The van der Waals surface area contributed by atoms with E-state index in [0.717, 1.165) is 17.7 Å². The van der Waals surface area contributed by atoms with Gasteiger partial charge in [0, 0.05) is 18.2 Å². The van der Waals surface area contributed by atoms with Crippen molar-refractivity contribution in [3.63, 3.8) is 0 Å². The topological polar surface area (TPSA) is 21.3 Å². The second-order valence-corrected chi connectivity index (χ2v) is 5.24.